The van der Waals surface area contributed by atoms with Crippen molar-refractivity contribution in [3.63, 3.8) is 0 Å². The molecule has 2 aliphatic rings. The zero-order chi connectivity index (χ0) is 16.4. The molecule has 0 aromatic heterocycles. The normalized spacial score (nSPS) is 18.5. The average molecular weight is 386 g/mol. The van der Waals surface area contributed by atoms with Crippen LogP contribution in [0.25, 0.3) is 0 Å². The molecule has 1 saturated heterocycles. The Morgan fingerprint density at radius 3 is 2.70 bits per heavy atom. The minimum absolute atomic E-state index is 0.0661. The first-order valence-corrected chi connectivity index (χ1v) is 8.00. The number of carboxylic acids is 1. The van der Waals surface area contributed by atoms with Crippen molar-refractivity contribution in [3.05, 3.63) is 22.2 Å². The first-order chi connectivity index (χ1) is 11.0. The summed E-state index contributed by atoms with van der Waals surface area (Å²) in [6.07, 6.45) is 0.765. The monoisotopic (exact) mass is 385 g/mol. The smallest absolute Gasteiger partial charge is 0.311 e. The lowest BCUT2D eigenvalue weighted by Gasteiger charge is -2.33. The second kappa shape index (κ2) is 6.37. The molecule has 1 aromatic rings. The molecular formula is C15H16BrNO6. The maximum absolute atomic E-state index is 12.4. The molecule has 0 atom stereocenters. The molecule has 1 fully saturated rings. The summed E-state index contributed by atoms with van der Waals surface area (Å²) in [4.78, 5) is 23.9. The molecule has 7 nitrogen and oxygen atoms in total. The Balaban J connectivity index is 1.72. The summed E-state index contributed by atoms with van der Waals surface area (Å²) >= 11 is 3.33. The number of hydrogen-bond acceptors (Lipinski definition) is 5. The number of aliphatic carboxylic acids is 1. The molecule has 124 valence electrons. The fourth-order valence-electron chi connectivity index (χ4n) is 2.68. The highest BCUT2D eigenvalue weighted by Crippen LogP contribution is 2.40. The van der Waals surface area contributed by atoms with Gasteiger partial charge in [-0.25, -0.2) is 0 Å². The Morgan fingerprint density at radius 2 is 2.00 bits per heavy atom. The number of carbonyl (C=O) groups is 2. The van der Waals surface area contributed by atoms with Crippen molar-refractivity contribution >= 4 is 27.8 Å². The van der Waals surface area contributed by atoms with Gasteiger partial charge < -0.3 is 24.6 Å². The summed E-state index contributed by atoms with van der Waals surface area (Å²) in [5.41, 5.74) is -0.588. The van der Waals surface area contributed by atoms with Gasteiger partial charge in [0.1, 0.15) is 0 Å². The van der Waals surface area contributed by atoms with Crippen molar-refractivity contribution in [2.45, 2.75) is 12.8 Å². The molecule has 1 amide bonds. The Bertz CT molecular complexity index is 641. The fourth-order valence-corrected chi connectivity index (χ4v) is 3.23. The van der Waals surface area contributed by atoms with Crippen LogP contribution in [0.15, 0.2) is 16.6 Å². The van der Waals surface area contributed by atoms with Gasteiger partial charge in [-0.2, -0.15) is 0 Å². The van der Waals surface area contributed by atoms with E-state index < -0.39 is 11.4 Å². The van der Waals surface area contributed by atoms with E-state index in [0.29, 0.717) is 47.6 Å². The number of rotatable bonds is 4. The quantitative estimate of drug-likeness (QED) is 0.820. The molecule has 23 heavy (non-hydrogen) atoms. The van der Waals surface area contributed by atoms with Crippen LogP contribution in [0.3, 0.4) is 0 Å². The second-order valence-corrected chi connectivity index (χ2v) is 6.43. The summed E-state index contributed by atoms with van der Waals surface area (Å²) < 4.78 is 16.4. The SMILES string of the molecule is O=C(NCC1(C(=O)O)CCOCC1)c1cc(Br)c2c(c1)OCO2. The van der Waals surface area contributed by atoms with Gasteiger partial charge in [0.05, 0.1) is 9.89 Å². The summed E-state index contributed by atoms with van der Waals surface area (Å²) in [5, 5.41) is 12.2. The third-order valence-corrected chi connectivity index (χ3v) is 4.77. The topological polar surface area (TPSA) is 94.1 Å². The highest BCUT2D eigenvalue weighted by Gasteiger charge is 2.40. The minimum Gasteiger partial charge on any atom is -0.481 e. The number of carbonyl (C=O) groups excluding carboxylic acids is 1. The molecule has 0 bridgehead atoms. The Morgan fingerprint density at radius 1 is 1.26 bits per heavy atom. The van der Waals surface area contributed by atoms with Crippen molar-refractivity contribution < 1.29 is 28.9 Å². The van der Waals surface area contributed by atoms with Crippen LogP contribution in [-0.2, 0) is 9.53 Å². The summed E-state index contributed by atoms with van der Waals surface area (Å²) in [6, 6.07) is 3.21. The van der Waals surface area contributed by atoms with Gasteiger partial charge in [-0.15, -0.1) is 0 Å². The molecule has 2 heterocycles. The van der Waals surface area contributed by atoms with Crippen LogP contribution in [0.1, 0.15) is 23.2 Å². The predicted molar refractivity (Wildman–Crippen MR) is 82.7 cm³/mol. The van der Waals surface area contributed by atoms with Gasteiger partial charge in [-0.3, -0.25) is 9.59 Å². The average Bonchev–Trinajstić information content (AvgIpc) is 3.02. The van der Waals surface area contributed by atoms with Crippen LogP contribution in [0.5, 0.6) is 11.5 Å². The fraction of sp³-hybridized carbons (Fsp3) is 0.467. The van der Waals surface area contributed by atoms with E-state index in [2.05, 4.69) is 21.2 Å². The number of hydrogen-bond donors (Lipinski definition) is 2. The van der Waals surface area contributed by atoms with Gasteiger partial charge >= 0.3 is 5.97 Å². The largest absolute Gasteiger partial charge is 0.481 e. The van der Waals surface area contributed by atoms with Gasteiger partial charge in [-0.05, 0) is 40.9 Å². The number of nitrogens with one attached hydrogen (secondary N) is 1. The maximum Gasteiger partial charge on any atom is 0.311 e. The van der Waals surface area contributed by atoms with E-state index in [1.165, 1.54) is 0 Å². The molecule has 2 N–H and O–H groups in total. The summed E-state index contributed by atoms with van der Waals surface area (Å²) in [7, 11) is 0. The molecule has 2 aliphatic heterocycles. The third-order valence-electron chi connectivity index (χ3n) is 4.18. The van der Waals surface area contributed by atoms with E-state index in [1.807, 2.05) is 0 Å². The molecule has 3 rings (SSSR count). The molecule has 1 aromatic carbocycles. The van der Waals surface area contributed by atoms with E-state index in [-0.39, 0.29) is 19.2 Å². The third kappa shape index (κ3) is 3.13. The Labute approximate surface area is 141 Å². The predicted octanol–water partition coefficient (Wildman–Crippen LogP) is 1.79. The van der Waals surface area contributed by atoms with Gasteiger partial charge in [0, 0.05) is 25.3 Å². The maximum atomic E-state index is 12.4. The molecule has 0 spiro atoms. The second-order valence-electron chi connectivity index (χ2n) is 5.57. The van der Waals surface area contributed by atoms with Gasteiger partial charge in [0.15, 0.2) is 11.5 Å². The Hall–Kier alpha value is -1.80. The van der Waals surface area contributed by atoms with Crippen LogP contribution in [0.4, 0.5) is 0 Å². The van der Waals surface area contributed by atoms with Crippen molar-refractivity contribution in [1.29, 1.82) is 0 Å². The standard InChI is InChI=1S/C15H16BrNO6/c16-10-5-9(6-11-12(10)23-8-22-11)13(18)17-7-15(14(19)20)1-3-21-4-2-15/h5-6H,1-4,7-8H2,(H,17,18)(H,19,20). The molecular weight excluding hydrogens is 370 g/mol. The summed E-state index contributed by atoms with van der Waals surface area (Å²) in [6.45, 7) is 0.952. The lowest BCUT2D eigenvalue weighted by Crippen LogP contribution is -2.46. The van der Waals surface area contributed by atoms with Crippen LogP contribution in [0, 0.1) is 5.41 Å². The van der Waals surface area contributed by atoms with E-state index in [0.717, 1.165) is 0 Å². The first-order valence-electron chi connectivity index (χ1n) is 7.20. The summed E-state index contributed by atoms with van der Waals surface area (Å²) in [5.74, 6) is -0.208. The number of amides is 1. The highest BCUT2D eigenvalue weighted by molar-refractivity contribution is 9.10. The molecule has 0 saturated carbocycles. The van der Waals surface area contributed by atoms with Crippen molar-refractivity contribution in [1.82, 2.24) is 5.32 Å². The minimum atomic E-state index is -0.971. The number of ether oxygens (including phenoxy) is 3. The van der Waals surface area contributed by atoms with Crippen molar-refractivity contribution in [2.75, 3.05) is 26.6 Å². The van der Waals surface area contributed by atoms with Gasteiger partial charge in [0.25, 0.3) is 5.91 Å². The van der Waals surface area contributed by atoms with Crippen LogP contribution in [-0.4, -0.2) is 43.5 Å². The lowest BCUT2D eigenvalue weighted by atomic mass is 9.80. The molecule has 0 unspecified atom stereocenters. The van der Waals surface area contributed by atoms with Crippen molar-refractivity contribution in [3.8, 4) is 11.5 Å². The molecule has 8 heteroatoms. The zero-order valence-electron chi connectivity index (χ0n) is 12.3. The first kappa shape index (κ1) is 16.1. The van der Waals surface area contributed by atoms with Crippen LogP contribution < -0.4 is 14.8 Å². The lowest BCUT2D eigenvalue weighted by molar-refractivity contribution is -0.154. The van der Waals surface area contributed by atoms with Crippen LogP contribution >= 0.6 is 15.9 Å². The highest BCUT2D eigenvalue weighted by atomic mass is 79.9. The van der Waals surface area contributed by atoms with E-state index in [4.69, 9.17) is 14.2 Å². The molecule has 0 radical (unpaired) electrons. The van der Waals surface area contributed by atoms with E-state index in [1.54, 1.807) is 12.1 Å². The van der Waals surface area contributed by atoms with Gasteiger partial charge in [-0.1, -0.05) is 0 Å². The number of fused-ring (bicyclic) bond motifs is 1. The zero-order valence-corrected chi connectivity index (χ0v) is 13.8. The van der Waals surface area contributed by atoms with E-state index >= 15 is 0 Å². The number of halogens is 1. The Kier molecular flexibility index (Phi) is 4.45. The van der Waals surface area contributed by atoms with Crippen molar-refractivity contribution in [2.24, 2.45) is 5.41 Å². The van der Waals surface area contributed by atoms with E-state index in [9.17, 15) is 14.7 Å². The number of benzene rings is 1. The van der Waals surface area contributed by atoms with Gasteiger partial charge in [0.2, 0.25) is 6.79 Å². The number of carboxylic acid groups (broad SMARTS) is 1. The van der Waals surface area contributed by atoms with Crippen LogP contribution in [0.2, 0.25) is 0 Å². The molecule has 0 aliphatic carbocycles.